The number of nitrogens with zero attached hydrogens (tertiary/aromatic N) is 2. The van der Waals surface area contributed by atoms with Crippen LogP contribution in [0.3, 0.4) is 0 Å². The molecular weight excluding hydrogens is 378 g/mol. The van der Waals surface area contributed by atoms with Crippen LogP contribution in [0.4, 0.5) is 5.69 Å². The van der Waals surface area contributed by atoms with E-state index in [1.807, 2.05) is 6.20 Å². The van der Waals surface area contributed by atoms with Crippen molar-refractivity contribution in [3.63, 3.8) is 0 Å². The Morgan fingerprint density at radius 2 is 1.90 bits per heavy atom. The maximum absolute atomic E-state index is 4.71. The van der Waals surface area contributed by atoms with E-state index < -0.39 is 0 Å². The van der Waals surface area contributed by atoms with Gasteiger partial charge in [-0.15, -0.1) is 11.6 Å². The highest BCUT2D eigenvalue weighted by molar-refractivity contribution is 6.15. The Morgan fingerprint density at radius 1 is 1.17 bits per heavy atom. The molecule has 1 N–H and O–H groups in total. The number of piperidine rings is 1. The second-order valence-corrected chi connectivity index (χ2v) is 7.44. The van der Waals surface area contributed by atoms with E-state index in [0.717, 1.165) is 55.7 Å². The summed E-state index contributed by atoms with van der Waals surface area (Å²) in [5, 5.41) is 3.45. The molecule has 2 aromatic rings. The highest BCUT2D eigenvalue weighted by Gasteiger charge is 2.22. The van der Waals surface area contributed by atoms with Gasteiger partial charge in [0.25, 0.3) is 0 Å². The Kier molecular flexibility index (Phi) is 9.43. The molecular formula is C25H34ClN3. The van der Waals surface area contributed by atoms with Gasteiger partial charge in [0.1, 0.15) is 0 Å². The van der Waals surface area contributed by atoms with Gasteiger partial charge in [-0.2, -0.15) is 0 Å². The normalized spacial score (nSPS) is 13.9. The Bertz CT molecular complexity index is 792. The lowest BCUT2D eigenvalue weighted by atomic mass is 9.93. The third-order valence-electron chi connectivity index (χ3n) is 5.45. The molecule has 0 radical (unpaired) electrons. The third-order valence-corrected chi connectivity index (χ3v) is 5.45. The predicted octanol–water partition coefficient (Wildman–Crippen LogP) is 6.19. The van der Waals surface area contributed by atoms with Crippen molar-refractivity contribution in [1.29, 1.82) is 0 Å². The molecule has 156 valence electrons. The van der Waals surface area contributed by atoms with E-state index in [-0.39, 0.29) is 0 Å². The standard InChI is InChI=1S/C24H31N3.CH3Cl/c1-5-19(3)22-9-10-23(26-16-22)17-27(24-8-6-7-18(2)15-24)20(4)21-11-13-25-14-12-21;1-2/h6-10,15-16,21,25H,3-5,11-14,17H2,1-2H3;1H3. The number of hydrogen-bond donors (Lipinski definition) is 1. The Hall–Kier alpha value is -2.10. The van der Waals surface area contributed by atoms with Crippen LogP contribution in [0.15, 0.2) is 61.4 Å². The summed E-state index contributed by atoms with van der Waals surface area (Å²) in [6.07, 6.45) is 6.65. The first-order valence-electron chi connectivity index (χ1n) is 10.3. The van der Waals surface area contributed by atoms with Crippen LogP contribution in [-0.2, 0) is 6.54 Å². The van der Waals surface area contributed by atoms with Gasteiger partial charge in [0.05, 0.1) is 12.2 Å². The molecule has 0 atom stereocenters. The van der Waals surface area contributed by atoms with E-state index in [4.69, 9.17) is 4.98 Å². The minimum absolute atomic E-state index is 0.519. The molecule has 0 bridgehead atoms. The van der Waals surface area contributed by atoms with Crippen molar-refractivity contribution in [2.75, 3.05) is 24.4 Å². The van der Waals surface area contributed by atoms with Crippen LogP contribution in [0, 0.1) is 12.8 Å². The highest BCUT2D eigenvalue weighted by Crippen LogP contribution is 2.30. The molecule has 3 rings (SSSR count). The third kappa shape index (κ3) is 6.45. The Labute approximate surface area is 181 Å². The fourth-order valence-corrected chi connectivity index (χ4v) is 3.62. The van der Waals surface area contributed by atoms with Crippen LogP contribution >= 0.6 is 11.6 Å². The summed E-state index contributed by atoms with van der Waals surface area (Å²) in [6.45, 7) is 15.7. The van der Waals surface area contributed by atoms with Crippen molar-refractivity contribution in [2.45, 2.75) is 39.7 Å². The molecule has 1 aliphatic rings. The largest absolute Gasteiger partial charge is 0.339 e. The first kappa shape index (κ1) is 23.2. The van der Waals surface area contributed by atoms with Gasteiger partial charge in [-0.3, -0.25) is 4.98 Å². The van der Waals surface area contributed by atoms with Gasteiger partial charge in [-0.1, -0.05) is 38.3 Å². The zero-order valence-electron chi connectivity index (χ0n) is 18.0. The van der Waals surface area contributed by atoms with Crippen molar-refractivity contribution in [1.82, 2.24) is 10.3 Å². The van der Waals surface area contributed by atoms with E-state index >= 15 is 0 Å². The number of nitrogens with one attached hydrogen (secondary N) is 1. The van der Waals surface area contributed by atoms with Gasteiger partial charge in [-0.05, 0) is 74.2 Å². The molecule has 1 aromatic heterocycles. The van der Waals surface area contributed by atoms with Gasteiger partial charge in [0.2, 0.25) is 0 Å². The molecule has 1 aromatic carbocycles. The van der Waals surface area contributed by atoms with Gasteiger partial charge < -0.3 is 10.2 Å². The maximum atomic E-state index is 4.71. The molecule has 3 nitrogen and oxygen atoms in total. The molecule has 2 heterocycles. The quantitative estimate of drug-likeness (QED) is 0.550. The van der Waals surface area contributed by atoms with Gasteiger partial charge in [-0.25, -0.2) is 0 Å². The first-order valence-corrected chi connectivity index (χ1v) is 11.1. The second kappa shape index (κ2) is 11.8. The fraction of sp³-hybridized carbons (Fsp3) is 0.400. The van der Waals surface area contributed by atoms with Crippen molar-refractivity contribution < 1.29 is 0 Å². The molecule has 0 spiro atoms. The smallest absolute Gasteiger partial charge is 0.0650 e. The minimum Gasteiger partial charge on any atom is -0.339 e. The fourth-order valence-electron chi connectivity index (χ4n) is 3.62. The number of aryl methyl sites for hydroxylation is 1. The zero-order chi connectivity index (χ0) is 21.2. The number of halogens is 1. The van der Waals surface area contributed by atoms with Gasteiger partial charge in [0, 0.05) is 29.9 Å². The molecule has 1 aliphatic heterocycles. The van der Waals surface area contributed by atoms with Crippen LogP contribution in [0.2, 0.25) is 0 Å². The summed E-state index contributed by atoms with van der Waals surface area (Å²) < 4.78 is 0. The lowest BCUT2D eigenvalue weighted by Crippen LogP contribution is -2.34. The van der Waals surface area contributed by atoms with E-state index in [1.165, 1.54) is 23.3 Å². The van der Waals surface area contributed by atoms with Crippen LogP contribution in [0.5, 0.6) is 0 Å². The summed E-state index contributed by atoms with van der Waals surface area (Å²) in [5.74, 6) is 0.519. The maximum Gasteiger partial charge on any atom is 0.0650 e. The summed E-state index contributed by atoms with van der Waals surface area (Å²) >= 11 is 4.64. The number of pyridine rings is 1. The summed E-state index contributed by atoms with van der Waals surface area (Å²) in [5.41, 5.74) is 6.97. The van der Waals surface area contributed by atoms with Crippen molar-refractivity contribution in [2.24, 2.45) is 5.92 Å². The van der Waals surface area contributed by atoms with E-state index in [9.17, 15) is 0 Å². The van der Waals surface area contributed by atoms with Crippen LogP contribution in [0.1, 0.15) is 43.0 Å². The number of alkyl halides is 1. The van der Waals surface area contributed by atoms with Gasteiger partial charge in [0.15, 0.2) is 0 Å². The number of benzene rings is 1. The monoisotopic (exact) mass is 411 g/mol. The summed E-state index contributed by atoms with van der Waals surface area (Å²) in [7, 11) is 0. The number of anilines is 1. The van der Waals surface area contributed by atoms with Crippen molar-refractivity contribution in [3.05, 3.63) is 78.3 Å². The van der Waals surface area contributed by atoms with Crippen LogP contribution < -0.4 is 10.2 Å². The average Bonchev–Trinajstić information content (AvgIpc) is 2.79. The van der Waals surface area contributed by atoms with Crippen molar-refractivity contribution in [3.8, 4) is 0 Å². The number of aromatic nitrogens is 1. The predicted molar refractivity (Wildman–Crippen MR) is 127 cm³/mol. The molecule has 4 heteroatoms. The lowest BCUT2D eigenvalue weighted by Gasteiger charge is -2.34. The molecule has 29 heavy (non-hydrogen) atoms. The van der Waals surface area contributed by atoms with E-state index in [2.05, 4.69) is 85.2 Å². The molecule has 1 fully saturated rings. The van der Waals surface area contributed by atoms with E-state index in [1.54, 1.807) is 0 Å². The highest BCUT2D eigenvalue weighted by atomic mass is 35.5. The molecule has 1 saturated heterocycles. The SMILES string of the molecule is C=C(CC)c1ccc(CN(C(=C)C2CCNCC2)c2cccc(C)c2)nc1.CCl. The minimum atomic E-state index is 0.519. The second-order valence-electron chi connectivity index (χ2n) is 7.44. The van der Waals surface area contributed by atoms with E-state index in [0.29, 0.717) is 5.92 Å². The summed E-state index contributed by atoms with van der Waals surface area (Å²) in [4.78, 5) is 7.05. The van der Waals surface area contributed by atoms with Crippen LogP contribution in [0.25, 0.3) is 5.57 Å². The van der Waals surface area contributed by atoms with Crippen molar-refractivity contribution >= 4 is 22.9 Å². The average molecular weight is 412 g/mol. The first-order chi connectivity index (χ1) is 14.1. The zero-order valence-corrected chi connectivity index (χ0v) is 18.8. The molecule has 0 saturated carbocycles. The Balaban J connectivity index is 0.00000145. The Morgan fingerprint density at radius 3 is 2.48 bits per heavy atom. The molecule has 0 unspecified atom stereocenters. The lowest BCUT2D eigenvalue weighted by molar-refractivity contribution is 0.412. The number of hydrogen-bond acceptors (Lipinski definition) is 3. The topological polar surface area (TPSA) is 28.2 Å². The molecule has 0 aliphatic carbocycles. The van der Waals surface area contributed by atoms with Crippen LogP contribution in [-0.4, -0.2) is 24.5 Å². The van der Waals surface area contributed by atoms with Gasteiger partial charge >= 0.3 is 0 Å². The summed E-state index contributed by atoms with van der Waals surface area (Å²) in [6, 6.07) is 12.9. The molecule has 0 amide bonds. The number of allylic oxidation sites excluding steroid dienone is 2. The number of rotatable bonds is 7.